The maximum atomic E-state index is 11.8. The van der Waals surface area contributed by atoms with Crippen LogP contribution < -0.4 is 10.9 Å². The topological polar surface area (TPSA) is 49.8 Å². The number of hydrogen-bond acceptors (Lipinski definition) is 2. The smallest absolute Gasteiger partial charge is 0.267 e. The number of aromatic amines is 1. The van der Waals surface area contributed by atoms with Crippen molar-refractivity contribution in [3.8, 4) is 5.69 Å². The summed E-state index contributed by atoms with van der Waals surface area (Å²) in [6, 6.07) is 8.16. The average molecular weight is 229 g/mol. The predicted molar refractivity (Wildman–Crippen MR) is 66.5 cm³/mol. The SMILES string of the molecule is Cc1ccc(-n2[nH]c(=O)c3c2CNCC3)cc1. The van der Waals surface area contributed by atoms with Gasteiger partial charge in [-0.3, -0.25) is 14.6 Å². The van der Waals surface area contributed by atoms with Crippen LogP contribution in [0.25, 0.3) is 5.69 Å². The molecule has 1 aliphatic rings. The zero-order chi connectivity index (χ0) is 11.8. The number of aryl methyl sites for hydroxylation is 1. The molecule has 0 radical (unpaired) electrons. The molecule has 4 heteroatoms. The molecule has 3 rings (SSSR count). The van der Waals surface area contributed by atoms with Crippen LogP contribution in [0, 0.1) is 6.92 Å². The van der Waals surface area contributed by atoms with Gasteiger partial charge in [-0.25, -0.2) is 0 Å². The molecule has 0 fully saturated rings. The minimum Gasteiger partial charge on any atom is -0.311 e. The summed E-state index contributed by atoms with van der Waals surface area (Å²) in [7, 11) is 0. The summed E-state index contributed by atoms with van der Waals surface area (Å²) in [5.74, 6) is 0. The van der Waals surface area contributed by atoms with E-state index in [0.717, 1.165) is 36.5 Å². The highest BCUT2D eigenvalue weighted by molar-refractivity contribution is 5.37. The fourth-order valence-electron chi connectivity index (χ4n) is 2.28. The minimum atomic E-state index is 0.0436. The molecule has 88 valence electrons. The highest BCUT2D eigenvalue weighted by Gasteiger charge is 2.18. The van der Waals surface area contributed by atoms with E-state index in [2.05, 4.69) is 29.5 Å². The fourth-order valence-corrected chi connectivity index (χ4v) is 2.28. The normalized spacial score (nSPS) is 14.6. The third kappa shape index (κ3) is 1.70. The summed E-state index contributed by atoms with van der Waals surface area (Å²) < 4.78 is 1.89. The van der Waals surface area contributed by atoms with Gasteiger partial charge in [-0.1, -0.05) is 17.7 Å². The van der Waals surface area contributed by atoms with Gasteiger partial charge in [-0.15, -0.1) is 0 Å². The Morgan fingerprint density at radius 1 is 1.24 bits per heavy atom. The standard InChI is InChI=1S/C13H15N3O/c1-9-2-4-10(5-3-9)16-12-8-14-7-6-11(12)13(17)15-16/h2-5,14H,6-8H2,1H3,(H,15,17). The molecule has 2 N–H and O–H groups in total. The van der Waals surface area contributed by atoms with Crippen LogP contribution in [0.3, 0.4) is 0 Å². The van der Waals surface area contributed by atoms with Gasteiger partial charge in [-0.05, 0) is 32.0 Å². The summed E-state index contributed by atoms with van der Waals surface area (Å²) >= 11 is 0. The molecule has 0 amide bonds. The Hall–Kier alpha value is -1.81. The summed E-state index contributed by atoms with van der Waals surface area (Å²) in [6.07, 6.45) is 0.809. The molecule has 0 aliphatic carbocycles. The van der Waals surface area contributed by atoms with E-state index in [0.29, 0.717) is 0 Å². The molecule has 0 saturated heterocycles. The van der Waals surface area contributed by atoms with Gasteiger partial charge in [0, 0.05) is 12.1 Å². The Morgan fingerprint density at radius 3 is 2.76 bits per heavy atom. The fraction of sp³-hybridized carbons (Fsp3) is 0.308. The van der Waals surface area contributed by atoms with E-state index in [-0.39, 0.29) is 5.56 Å². The van der Waals surface area contributed by atoms with Crippen molar-refractivity contribution in [1.29, 1.82) is 0 Å². The Balaban J connectivity index is 2.15. The lowest BCUT2D eigenvalue weighted by atomic mass is 10.1. The lowest BCUT2D eigenvalue weighted by Crippen LogP contribution is -2.26. The summed E-state index contributed by atoms with van der Waals surface area (Å²) in [4.78, 5) is 11.8. The van der Waals surface area contributed by atoms with Gasteiger partial charge in [0.2, 0.25) is 0 Å². The van der Waals surface area contributed by atoms with Gasteiger partial charge < -0.3 is 5.32 Å². The zero-order valence-electron chi connectivity index (χ0n) is 9.79. The number of fused-ring (bicyclic) bond motifs is 1. The molecule has 1 aliphatic heterocycles. The second-order valence-corrected chi connectivity index (χ2v) is 4.46. The van der Waals surface area contributed by atoms with Crippen LogP contribution in [-0.2, 0) is 13.0 Å². The zero-order valence-corrected chi connectivity index (χ0v) is 9.79. The van der Waals surface area contributed by atoms with E-state index >= 15 is 0 Å². The Bertz CT molecular complexity index is 592. The lowest BCUT2D eigenvalue weighted by molar-refractivity contribution is 0.614. The Labute approximate surface area is 99.3 Å². The maximum absolute atomic E-state index is 11.8. The molecule has 0 bridgehead atoms. The molecule has 1 aromatic carbocycles. The summed E-state index contributed by atoms with van der Waals surface area (Å²) in [5.41, 5.74) is 4.25. The largest absolute Gasteiger partial charge is 0.311 e. The highest BCUT2D eigenvalue weighted by atomic mass is 16.1. The molecule has 1 aromatic heterocycles. The summed E-state index contributed by atoms with van der Waals surface area (Å²) in [6.45, 7) is 3.69. The number of H-pyrrole nitrogens is 1. The second kappa shape index (κ2) is 3.89. The van der Waals surface area contributed by atoms with Gasteiger partial charge in [0.1, 0.15) is 0 Å². The van der Waals surface area contributed by atoms with Crippen molar-refractivity contribution < 1.29 is 0 Å². The monoisotopic (exact) mass is 229 g/mol. The molecule has 2 aromatic rings. The summed E-state index contributed by atoms with van der Waals surface area (Å²) in [5, 5.41) is 6.21. The van der Waals surface area contributed by atoms with Gasteiger partial charge in [-0.2, -0.15) is 0 Å². The first kappa shape index (κ1) is 10.4. The van der Waals surface area contributed by atoms with Gasteiger partial charge >= 0.3 is 0 Å². The molecule has 0 saturated carbocycles. The van der Waals surface area contributed by atoms with Gasteiger partial charge in [0.25, 0.3) is 5.56 Å². The van der Waals surface area contributed by atoms with E-state index in [1.54, 1.807) is 0 Å². The van der Waals surface area contributed by atoms with E-state index < -0.39 is 0 Å². The van der Waals surface area contributed by atoms with Crippen molar-refractivity contribution in [2.45, 2.75) is 19.9 Å². The van der Waals surface area contributed by atoms with Crippen molar-refractivity contribution >= 4 is 0 Å². The van der Waals surface area contributed by atoms with Crippen molar-refractivity contribution in [2.24, 2.45) is 0 Å². The number of aromatic nitrogens is 2. The van der Waals surface area contributed by atoms with Crippen molar-refractivity contribution in [3.05, 3.63) is 51.4 Å². The van der Waals surface area contributed by atoms with E-state index in [1.807, 2.05) is 16.8 Å². The lowest BCUT2D eigenvalue weighted by Gasteiger charge is -2.15. The molecule has 4 nitrogen and oxygen atoms in total. The first-order valence-electron chi connectivity index (χ1n) is 5.86. The van der Waals surface area contributed by atoms with Crippen molar-refractivity contribution in [1.82, 2.24) is 15.1 Å². The molecule has 2 heterocycles. The highest BCUT2D eigenvalue weighted by Crippen LogP contribution is 2.15. The second-order valence-electron chi connectivity index (χ2n) is 4.46. The third-order valence-electron chi connectivity index (χ3n) is 3.24. The van der Waals surface area contributed by atoms with Crippen LogP contribution in [0.1, 0.15) is 16.8 Å². The van der Waals surface area contributed by atoms with Crippen LogP contribution in [0.5, 0.6) is 0 Å². The Kier molecular flexibility index (Phi) is 2.37. The van der Waals surface area contributed by atoms with Crippen LogP contribution in [0.2, 0.25) is 0 Å². The van der Waals surface area contributed by atoms with Crippen molar-refractivity contribution in [2.75, 3.05) is 6.54 Å². The third-order valence-corrected chi connectivity index (χ3v) is 3.24. The quantitative estimate of drug-likeness (QED) is 0.770. The number of benzene rings is 1. The maximum Gasteiger partial charge on any atom is 0.267 e. The van der Waals surface area contributed by atoms with Crippen molar-refractivity contribution in [3.63, 3.8) is 0 Å². The first-order chi connectivity index (χ1) is 8.25. The van der Waals surface area contributed by atoms with Crippen LogP contribution in [0.4, 0.5) is 0 Å². The van der Waals surface area contributed by atoms with Crippen LogP contribution >= 0.6 is 0 Å². The molecule has 0 unspecified atom stereocenters. The Morgan fingerprint density at radius 2 is 2.00 bits per heavy atom. The predicted octanol–water partition coefficient (Wildman–Crippen LogP) is 1.12. The van der Waals surface area contributed by atoms with Crippen LogP contribution in [-0.4, -0.2) is 16.3 Å². The van der Waals surface area contributed by atoms with Gasteiger partial charge in [0.05, 0.1) is 11.4 Å². The molecular formula is C13H15N3O. The average Bonchev–Trinajstić information content (AvgIpc) is 2.69. The molecule has 0 atom stereocenters. The van der Waals surface area contributed by atoms with E-state index in [9.17, 15) is 4.79 Å². The first-order valence-corrected chi connectivity index (χ1v) is 5.86. The molecule has 17 heavy (non-hydrogen) atoms. The molecular weight excluding hydrogens is 214 g/mol. The van der Waals surface area contributed by atoms with Crippen LogP contribution in [0.15, 0.2) is 29.1 Å². The van der Waals surface area contributed by atoms with Gasteiger partial charge in [0.15, 0.2) is 0 Å². The number of nitrogens with zero attached hydrogens (tertiary/aromatic N) is 1. The number of hydrogen-bond donors (Lipinski definition) is 2. The minimum absolute atomic E-state index is 0.0436. The molecule has 0 spiro atoms. The van der Waals surface area contributed by atoms with E-state index in [4.69, 9.17) is 0 Å². The number of rotatable bonds is 1. The van der Waals surface area contributed by atoms with E-state index in [1.165, 1.54) is 5.56 Å². The number of nitrogens with one attached hydrogen (secondary N) is 2.